The Morgan fingerprint density at radius 3 is 2.44 bits per heavy atom. The molecule has 3 nitrogen and oxygen atoms in total. The standard InChI is InChI=1S/C11H7Cl2N3/c12-10-9(14-16-15-11(10)13)7-6-8-4-2-1-3-5-8/h1-7H/b7-6+. The second kappa shape index (κ2) is 5.05. The zero-order chi connectivity index (χ0) is 11.4. The molecule has 5 heteroatoms. The molecule has 80 valence electrons. The van der Waals surface area contributed by atoms with E-state index >= 15 is 0 Å². The Balaban J connectivity index is 2.28. The minimum atomic E-state index is 0.157. The summed E-state index contributed by atoms with van der Waals surface area (Å²) in [5.74, 6) is 0. The Kier molecular flexibility index (Phi) is 3.49. The van der Waals surface area contributed by atoms with Crippen molar-refractivity contribution in [2.24, 2.45) is 0 Å². The number of aromatic nitrogens is 3. The summed E-state index contributed by atoms with van der Waals surface area (Å²) in [5.41, 5.74) is 1.55. The van der Waals surface area contributed by atoms with Gasteiger partial charge in [-0.3, -0.25) is 0 Å². The topological polar surface area (TPSA) is 38.7 Å². The van der Waals surface area contributed by atoms with E-state index in [1.54, 1.807) is 6.08 Å². The van der Waals surface area contributed by atoms with Gasteiger partial charge in [0.1, 0.15) is 10.7 Å². The van der Waals surface area contributed by atoms with Crippen molar-refractivity contribution >= 4 is 35.4 Å². The Bertz CT molecular complexity index is 512. The first-order valence-corrected chi connectivity index (χ1v) is 5.30. The summed E-state index contributed by atoms with van der Waals surface area (Å²) in [6.07, 6.45) is 3.63. The van der Waals surface area contributed by atoms with E-state index in [9.17, 15) is 0 Å². The fourth-order valence-electron chi connectivity index (χ4n) is 1.15. The molecule has 2 rings (SSSR count). The highest BCUT2D eigenvalue weighted by Crippen LogP contribution is 2.22. The predicted octanol–water partition coefficient (Wildman–Crippen LogP) is 3.35. The van der Waals surface area contributed by atoms with Crippen LogP contribution >= 0.6 is 23.2 Å². The third-order valence-electron chi connectivity index (χ3n) is 1.92. The van der Waals surface area contributed by atoms with E-state index in [2.05, 4.69) is 15.4 Å². The molecule has 0 spiro atoms. The van der Waals surface area contributed by atoms with E-state index in [-0.39, 0.29) is 5.15 Å². The first-order valence-electron chi connectivity index (χ1n) is 4.55. The summed E-state index contributed by atoms with van der Waals surface area (Å²) in [5, 5.41) is 11.3. The lowest BCUT2D eigenvalue weighted by Crippen LogP contribution is -1.92. The van der Waals surface area contributed by atoms with Crippen molar-refractivity contribution in [1.29, 1.82) is 0 Å². The lowest BCUT2D eigenvalue weighted by atomic mass is 10.2. The average molecular weight is 252 g/mol. The molecule has 0 saturated carbocycles. The van der Waals surface area contributed by atoms with Crippen molar-refractivity contribution in [2.45, 2.75) is 0 Å². The molecule has 0 aliphatic rings. The summed E-state index contributed by atoms with van der Waals surface area (Å²) >= 11 is 11.6. The van der Waals surface area contributed by atoms with Crippen LogP contribution in [0.4, 0.5) is 0 Å². The van der Waals surface area contributed by atoms with Crippen molar-refractivity contribution in [1.82, 2.24) is 15.4 Å². The fraction of sp³-hybridized carbons (Fsp3) is 0. The molecule has 16 heavy (non-hydrogen) atoms. The number of hydrogen-bond acceptors (Lipinski definition) is 3. The average Bonchev–Trinajstić information content (AvgIpc) is 2.32. The summed E-state index contributed by atoms with van der Waals surface area (Å²) in [6.45, 7) is 0. The maximum Gasteiger partial charge on any atom is 0.174 e. The minimum absolute atomic E-state index is 0.157. The normalized spacial score (nSPS) is 10.9. The van der Waals surface area contributed by atoms with Crippen LogP contribution in [0.3, 0.4) is 0 Å². The van der Waals surface area contributed by atoms with Gasteiger partial charge in [0.25, 0.3) is 0 Å². The number of halogens is 2. The largest absolute Gasteiger partial charge is 0.174 e. The van der Waals surface area contributed by atoms with E-state index in [0.29, 0.717) is 10.7 Å². The van der Waals surface area contributed by atoms with E-state index in [0.717, 1.165) is 5.56 Å². The van der Waals surface area contributed by atoms with Crippen molar-refractivity contribution in [3.63, 3.8) is 0 Å². The smallest absolute Gasteiger partial charge is 0.129 e. The zero-order valence-corrected chi connectivity index (χ0v) is 9.65. The second-order valence-corrected chi connectivity index (χ2v) is 3.76. The third kappa shape index (κ3) is 2.56. The minimum Gasteiger partial charge on any atom is -0.129 e. The van der Waals surface area contributed by atoms with Crippen molar-refractivity contribution in [2.75, 3.05) is 0 Å². The first kappa shape index (κ1) is 11.0. The quantitative estimate of drug-likeness (QED) is 0.822. The van der Waals surface area contributed by atoms with Crippen LogP contribution in [0, 0.1) is 0 Å². The van der Waals surface area contributed by atoms with E-state index in [1.807, 2.05) is 36.4 Å². The highest BCUT2D eigenvalue weighted by atomic mass is 35.5. The fourth-order valence-corrected chi connectivity index (χ4v) is 1.42. The highest BCUT2D eigenvalue weighted by molar-refractivity contribution is 6.41. The van der Waals surface area contributed by atoms with E-state index in [1.165, 1.54) is 0 Å². The van der Waals surface area contributed by atoms with Crippen molar-refractivity contribution < 1.29 is 0 Å². The summed E-state index contributed by atoms with van der Waals surface area (Å²) < 4.78 is 0. The van der Waals surface area contributed by atoms with Crippen LogP contribution in [0.1, 0.15) is 11.3 Å². The molecule has 0 N–H and O–H groups in total. The molecule has 0 saturated heterocycles. The Hall–Kier alpha value is -1.45. The molecule has 1 aromatic carbocycles. The molecule has 0 radical (unpaired) electrons. The molecule has 1 heterocycles. The third-order valence-corrected chi connectivity index (χ3v) is 2.66. The highest BCUT2D eigenvalue weighted by Gasteiger charge is 2.04. The molecular formula is C11H7Cl2N3. The van der Waals surface area contributed by atoms with Crippen molar-refractivity contribution in [3.8, 4) is 0 Å². The van der Waals surface area contributed by atoms with Crippen LogP contribution in [-0.2, 0) is 0 Å². The Morgan fingerprint density at radius 2 is 1.69 bits per heavy atom. The van der Waals surface area contributed by atoms with Gasteiger partial charge in [0, 0.05) is 0 Å². The molecule has 2 aromatic rings. The van der Waals surface area contributed by atoms with Crippen molar-refractivity contribution in [3.05, 3.63) is 51.8 Å². The molecule has 0 aliphatic carbocycles. The molecule has 1 aromatic heterocycles. The van der Waals surface area contributed by atoms with Gasteiger partial charge in [-0.05, 0) is 16.9 Å². The van der Waals surface area contributed by atoms with Crippen LogP contribution in [-0.4, -0.2) is 15.4 Å². The summed E-state index contributed by atoms with van der Waals surface area (Å²) in [4.78, 5) is 0. The molecule has 0 amide bonds. The Labute approximate surface area is 103 Å². The molecule has 0 aliphatic heterocycles. The van der Waals surface area contributed by atoms with Gasteiger partial charge in [0.15, 0.2) is 5.15 Å². The van der Waals surface area contributed by atoms with Crippen LogP contribution in [0.5, 0.6) is 0 Å². The number of hydrogen-bond donors (Lipinski definition) is 0. The van der Waals surface area contributed by atoms with Gasteiger partial charge in [0.2, 0.25) is 0 Å². The van der Waals surface area contributed by atoms with Gasteiger partial charge in [-0.25, -0.2) is 0 Å². The molecular weight excluding hydrogens is 245 g/mol. The molecule has 0 fully saturated rings. The van der Waals surface area contributed by atoms with Gasteiger partial charge in [-0.2, -0.15) is 0 Å². The van der Waals surface area contributed by atoms with Gasteiger partial charge < -0.3 is 0 Å². The van der Waals surface area contributed by atoms with Gasteiger partial charge in [0.05, 0.1) is 0 Å². The van der Waals surface area contributed by atoms with Gasteiger partial charge >= 0.3 is 0 Å². The van der Waals surface area contributed by atoms with Crippen LogP contribution in [0.25, 0.3) is 12.2 Å². The molecule has 0 unspecified atom stereocenters. The molecule has 0 atom stereocenters. The van der Waals surface area contributed by atoms with Gasteiger partial charge in [-0.15, -0.1) is 10.2 Å². The zero-order valence-electron chi connectivity index (χ0n) is 8.14. The van der Waals surface area contributed by atoms with E-state index < -0.39 is 0 Å². The summed E-state index contributed by atoms with van der Waals surface area (Å²) in [7, 11) is 0. The van der Waals surface area contributed by atoms with Gasteiger partial charge in [-0.1, -0.05) is 59.6 Å². The number of benzene rings is 1. The maximum absolute atomic E-state index is 5.91. The predicted molar refractivity (Wildman–Crippen MR) is 65.2 cm³/mol. The SMILES string of the molecule is Clc1nnnc(/C=C/c2ccccc2)c1Cl. The monoisotopic (exact) mass is 251 g/mol. The van der Waals surface area contributed by atoms with Crippen LogP contribution in [0.15, 0.2) is 30.3 Å². The molecule has 0 bridgehead atoms. The Morgan fingerprint density at radius 1 is 0.938 bits per heavy atom. The number of nitrogens with zero attached hydrogens (tertiary/aromatic N) is 3. The second-order valence-electron chi connectivity index (χ2n) is 3.02. The van der Waals surface area contributed by atoms with Crippen LogP contribution < -0.4 is 0 Å². The maximum atomic E-state index is 5.91. The lowest BCUT2D eigenvalue weighted by molar-refractivity contribution is 0.859. The van der Waals surface area contributed by atoms with Crippen LogP contribution in [0.2, 0.25) is 10.2 Å². The lowest BCUT2D eigenvalue weighted by Gasteiger charge is -1.96. The number of rotatable bonds is 2. The van der Waals surface area contributed by atoms with E-state index in [4.69, 9.17) is 23.2 Å². The first-order chi connectivity index (χ1) is 7.77. The summed E-state index contributed by atoms with van der Waals surface area (Å²) in [6, 6.07) is 9.80.